The molecule has 0 saturated heterocycles. The number of esters is 1. The first-order valence-electron chi connectivity index (χ1n) is 9.15. The minimum absolute atomic E-state index is 0.244. The monoisotopic (exact) mass is 408 g/mol. The second-order valence-corrected chi connectivity index (χ2v) is 8.04. The average molecular weight is 409 g/mol. The molecule has 0 unspecified atom stereocenters. The maximum absolute atomic E-state index is 12.3. The van der Waals surface area contributed by atoms with Crippen molar-refractivity contribution in [1.82, 2.24) is 5.43 Å². The Morgan fingerprint density at radius 3 is 2.68 bits per heavy atom. The van der Waals surface area contributed by atoms with Crippen molar-refractivity contribution in [3.63, 3.8) is 0 Å². The molecule has 2 aliphatic carbocycles. The van der Waals surface area contributed by atoms with Crippen molar-refractivity contribution in [2.75, 3.05) is 12.0 Å². The predicted octanol–water partition coefficient (Wildman–Crippen LogP) is 2.23. The van der Waals surface area contributed by atoms with Gasteiger partial charge in [0.05, 0.1) is 18.3 Å². The Kier molecular flexibility index (Phi) is 5.99. The Balaban J connectivity index is 1.67. The van der Waals surface area contributed by atoms with Crippen molar-refractivity contribution in [1.29, 1.82) is 0 Å². The van der Waals surface area contributed by atoms with E-state index in [0.717, 1.165) is 22.0 Å². The lowest BCUT2D eigenvalue weighted by Gasteiger charge is -2.24. The number of hydrogen-bond donors (Lipinski definition) is 3. The van der Waals surface area contributed by atoms with Gasteiger partial charge in [0.1, 0.15) is 0 Å². The summed E-state index contributed by atoms with van der Waals surface area (Å²) in [6.07, 6.45) is 5.34. The Bertz CT molecular complexity index is 632. The molecule has 0 aliphatic heterocycles. The molecule has 4 atom stereocenters. The number of nitrogens with one attached hydrogen (secondary N) is 3. The number of ether oxygens (including phenoxy) is 1. The summed E-state index contributed by atoms with van der Waals surface area (Å²) in [4.78, 5) is 15.7. The van der Waals surface area contributed by atoms with Crippen LogP contribution in [0, 0.1) is 17.8 Å². The first-order valence-corrected chi connectivity index (χ1v) is 9.94. The standard InChI is InChI=1S/C19H26BrN3O2/c1-3-25-19(24)18(23-22-16-8-6-15(20)7-9-16)21-12(2)17-11-13-4-5-14(17)10-13/h6-9,12-14,17,22H,3-5,10-11H2,1-2H3,(H,21,23)/p+1/t12-,13-,14+,17-/m0/s1. The summed E-state index contributed by atoms with van der Waals surface area (Å²) in [5, 5.41) is 0. The van der Waals surface area contributed by atoms with Gasteiger partial charge in [-0.15, -0.1) is 0 Å². The zero-order valence-electron chi connectivity index (χ0n) is 14.8. The first kappa shape index (κ1) is 18.2. The van der Waals surface area contributed by atoms with Crippen molar-refractivity contribution >= 4 is 33.4 Å². The van der Waals surface area contributed by atoms with Crippen LogP contribution < -0.4 is 15.8 Å². The van der Waals surface area contributed by atoms with E-state index in [2.05, 4.69) is 38.7 Å². The summed E-state index contributed by atoms with van der Waals surface area (Å²) in [5.41, 5.74) is 6.95. The van der Waals surface area contributed by atoms with E-state index >= 15 is 0 Å². The molecule has 136 valence electrons. The normalized spacial score (nSPS) is 26.4. The molecule has 0 amide bonds. The minimum Gasteiger partial charge on any atom is -0.457 e. The Morgan fingerprint density at radius 2 is 2.08 bits per heavy atom. The quantitative estimate of drug-likeness (QED) is 0.302. The van der Waals surface area contributed by atoms with E-state index in [1.165, 1.54) is 25.7 Å². The van der Waals surface area contributed by atoms with Crippen LogP contribution in [-0.4, -0.2) is 24.5 Å². The van der Waals surface area contributed by atoms with E-state index in [1.807, 2.05) is 31.2 Å². The lowest BCUT2D eigenvalue weighted by molar-refractivity contribution is -0.512. The fourth-order valence-electron chi connectivity index (χ4n) is 4.26. The van der Waals surface area contributed by atoms with Gasteiger partial charge in [-0.25, -0.2) is 10.2 Å². The molecule has 25 heavy (non-hydrogen) atoms. The molecular weight excluding hydrogens is 382 g/mol. The topological polar surface area (TPSA) is 64.3 Å². The second-order valence-electron chi connectivity index (χ2n) is 7.12. The third kappa shape index (κ3) is 4.54. The number of anilines is 1. The number of amidine groups is 1. The van der Waals surface area contributed by atoms with Crippen LogP contribution in [0.1, 0.15) is 39.5 Å². The summed E-state index contributed by atoms with van der Waals surface area (Å²) in [7, 11) is 0. The average Bonchev–Trinajstić information content (AvgIpc) is 3.23. The summed E-state index contributed by atoms with van der Waals surface area (Å²) in [6, 6.07) is 7.99. The highest BCUT2D eigenvalue weighted by atomic mass is 79.9. The van der Waals surface area contributed by atoms with Crippen LogP contribution >= 0.6 is 15.9 Å². The van der Waals surface area contributed by atoms with Crippen LogP contribution in [0.3, 0.4) is 0 Å². The van der Waals surface area contributed by atoms with E-state index in [0.29, 0.717) is 18.4 Å². The van der Waals surface area contributed by atoms with Gasteiger partial charge in [0.2, 0.25) is 0 Å². The molecule has 6 heteroatoms. The van der Waals surface area contributed by atoms with Gasteiger partial charge in [0, 0.05) is 10.4 Å². The van der Waals surface area contributed by atoms with Crippen LogP contribution in [0.5, 0.6) is 0 Å². The van der Waals surface area contributed by atoms with Gasteiger partial charge in [-0.1, -0.05) is 22.4 Å². The predicted molar refractivity (Wildman–Crippen MR) is 102 cm³/mol. The molecule has 2 saturated carbocycles. The number of hydrazine groups is 1. The largest absolute Gasteiger partial charge is 0.457 e. The number of halogens is 1. The SMILES string of the molecule is CCOC(=O)C(NNc1ccc(Br)cc1)=[NH+][C@@H](C)[C@@H]1C[C@H]2CC[C@@H]1C2. The molecule has 5 nitrogen and oxygen atoms in total. The van der Waals surface area contributed by atoms with Gasteiger partial charge in [0.25, 0.3) is 0 Å². The van der Waals surface area contributed by atoms with Crippen molar-refractivity contribution in [3.05, 3.63) is 28.7 Å². The van der Waals surface area contributed by atoms with E-state index in [-0.39, 0.29) is 12.0 Å². The zero-order chi connectivity index (χ0) is 17.8. The third-order valence-corrected chi connectivity index (χ3v) is 5.99. The summed E-state index contributed by atoms with van der Waals surface area (Å²) in [6.45, 7) is 4.34. The van der Waals surface area contributed by atoms with Gasteiger partial charge in [-0.3, -0.25) is 4.99 Å². The number of carbonyl (C=O) groups excluding carboxylic acids is 1. The fraction of sp³-hybridized carbons (Fsp3) is 0.579. The van der Waals surface area contributed by atoms with Crippen molar-refractivity contribution in [2.24, 2.45) is 17.8 Å². The van der Waals surface area contributed by atoms with E-state index < -0.39 is 0 Å². The molecule has 0 aromatic heterocycles. The molecular formula is C19H27BrN3O2+. The van der Waals surface area contributed by atoms with Crippen LogP contribution in [0.15, 0.2) is 28.7 Å². The Morgan fingerprint density at radius 1 is 1.32 bits per heavy atom. The number of fused-ring (bicyclic) bond motifs is 2. The van der Waals surface area contributed by atoms with Crippen LogP contribution in [0.25, 0.3) is 0 Å². The maximum Gasteiger partial charge on any atom is 0.423 e. The van der Waals surface area contributed by atoms with Crippen LogP contribution in [0.2, 0.25) is 0 Å². The smallest absolute Gasteiger partial charge is 0.423 e. The molecule has 3 rings (SSSR count). The molecule has 2 bridgehead atoms. The zero-order valence-corrected chi connectivity index (χ0v) is 16.4. The second kappa shape index (κ2) is 8.21. The summed E-state index contributed by atoms with van der Waals surface area (Å²) < 4.78 is 6.20. The molecule has 1 aromatic rings. The lowest BCUT2D eigenvalue weighted by atomic mass is 9.84. The summed E-state index contributed by atoms with van der Waals surface area (Å²) in [5.74, 6) is 2.34. The molecule has 3 N–H and O–H groups in total. The van der Waals surface area contributed by atoms with Gasteiger partial charge < -0.3 is 4.74 Å². The highest BCUT2D eigenvalue weighted by molar-refractivity contribution is 9.10. The Hall–Kier alpha value is -1.56. The van der Waals surface area contributed by atoms with Crippen molar-refractivity contribution < 1.29 is 14.5 Å². The fourth-order valence-corrected chi connectivity index (χ4v) is 4.52. The van der Waals surface area contributed by atoms with Crippen molar-refractivity contribution in [2.45, 2.75) is 45.6 Å². The molecule has 2 aliphatic rings. The molecule has 2 fully saturated rings. The summed E-state index contributed by atoms with van der Waals surface area (Å²) >= 11 is 3.42. The maximum atomic E-state index is 12.3. The highest BCUT2D eigenvalue weighted by Gasteiger charge is 2.43. The van der Waals surface area contributed by atoms with Gasteiger partial charge in [-0.05, 0) is 69.2 Å². The molecule has 0 spiro atoms. The van der Waals surface area contributed by atoms with Gasteiger partial charge in [0.15, 0.2) is 0 Å². The van der Waals surface area contributed by atoms with Crippen LogP contribution in [-0.2, 0) is 9.53 Å². The molecule has 0 heterocycles. The van der Waals surface area contributed by atoms with Gasteiger partial charge >= 0.3 is 11.8 Å². The van der Waals surface area contributed by atoms with Gasteiger partial charge in [-0.2, -0.15) is 5.43 Å². The van der Waals surface area contributed by atoms with Crippen molar-refractivity contribution in [3.8, 4) is 0 Å². The number of rotatable bonds is 5. The van der Waals surface area contributed by atoms with E-state index in [9.17, 15) is 4.79 Å². The number of benzene rings is 1. The number of hydrogen-bond acceptors (Lipinski definition) is 3. The molecule has 0 radical (unpaired) electrons. The minimum atomic E-state index is -0.359. The van der Waals surface area contributed by atoms with E-state index in [4.69, 9.17) is 4.74 Å². The van der Waals surface area contributed by atoms with Crippen LogP contribution in [0.4, 0.5) is 5.69 Å². The first-order chi connectivity index (χ1) is 12.1. The Labute approximate surface area is 157 Å². The number of carbonyl (C=O) groups is 1. The molecule has 1 aromatic carbocycles. The lowest BCUT2D eigenvalue weighted by Crippen LogP contribution is -2.85. The third-order valence-electron chi connectivity index (χ3n) is 5.46. The highest BCUT2D eigenvalue weighted by Crippen LogP contribution is 2.48. The van der Waals surface area contributed by atoms with E-state index in [1.54, 1.807) is 0 Å².